The van der Waals surface area contributed by atoms with Gasteiger partial charge in [-0.25, -0.2) is 0 Å². The maximum absolute atomic E-state index is 12.6. The van der Waals surface area contributed by atoms with Crippen LogP contribution < -0.4 is 5.32 Å². The molecule has 0 spiro atoms. The Balaban J connectivity index is 1.78. The molecule has 1 aromatic carbocycles. The van der Waals surface area contributed by atoms with Crippen molar-refractivity contribution < 1.29 is 9.59 Å². The zero-order chi connectivity index (χ0) is 17.1. The SMILES string of the molecule is CCC(=O)N1CCC[C@H](C(=O)Nc2ccc(Cl)c3cccnc23)C1. The fourth-order valence-electron chi connectivity index (χ4n) is 3.11. The molecular formula is C18H20ClN3O2. The molecule has 6 heteroatoms. The average Bonchev–Trinajstić information content (AvgIpc) is 2.63. The second-order valence-electron chi connectivity index (χ2n) is 6.02. The van der Waals surface area contributed by atoms with Gasteiger partial charge in [-0.1, -0.05) is 18.5 Å². The molecule has 5 nitrogen and oxygen atoms in total. The van der Waals surface area contributed by atoms with E-state index >= 15 is 0 Å². The van der Waals surface area contributed by atoms with E-state index in [1.165, 1.54) is 0 Å². The van der Waals surface area contributed by atoms with Crippen molar-refractivity contribution >= 4 is 40.0 Å². The summed E-state index contributed by atoms with van der Waals surface area (Å²) in [4.78, 5) is 30.6. The molecule has 1 saturated heterocycles. The summed E-state index contributed by atoms with van der Waals surface area (Å²) in [5.41, 5.74) is 1.33. The molecule has 0 aliphatic carbocycles. The summed E-state index contributed by atoms with van der Waals surface area (Å²) in [6.07, 6.45) is 3.79. The van der Waals surface area contributed by atoms with E-state index in [0.29, 0.717) is 29.2 Å². The van der Waals surface area contributed by atoms with Gasteiger partial charge in [0, 0.05) is 31.1 Å². The van der Waals surface area contributed by atoms with Gasteiger partial charge >= 0.3 is 0 Å². The van der Waals surface area contributed by atoms with Crippen LogP contribution in [0.25, 0.3) is 10.9 Å². The van der Waals surface area contributed by atoms with Gasteiger partial charge in [-0.3, -0.25) is 14.6 Å². The van der Waals surface area contributed by atoms with Crippen LogP contribution in [0.4, 0.5) is 5.69 Å². The molecule has 1 aromatic heterocycles. The van der Waals surface area contributed by atoms with Gasteiger partial charge in [-0.15, -0.1) is 0 Å². The number of likely N-dealkylation sites (tertiary alicyclic amines) is 1. The lowest BCUT2D eigenvalue weighted by Gasteiger charge is -2.32. The molecule has 2 amide bonds. The first-order valence-electron chi connectivity index (χ1n) is 8.22. The number of halogens is 1. The van der Waals surface area contributed by atoms with E-state index in [2.05, 4.69) is 10.3 Å². The van der Waals surface area contributed by atoms with Gasteiger partial charge in [0.15, 0.2) is 0 Å². The Hall–Kier alpha value is -2.14. The standard InChI is InChI=1S/C18H20ClN3O2/c1-2-16(23)22-10-4-5-12(11-22)18(24)21-15-8-7-14(19)13-6-3-9-20-17(13)15/h3,6-9,12H,2,4-5,10-11H2,1H3,(H,21,24)/t12-/m0/s1. The Kier molecular flexibility index (Phi) is 5.00. The summed E-state index contributed by atoms with van der Waals surface area (Å²) in [7, 11) is 0. The van der Waals surface area contributed by atoms with Crippen LogP contribution in [0.15, 0.2) is 30.5 Å². The molecule has 0 unspecified atom stereocenters. The van der Waals surface area contributed by atoms with E-state index in [1.807, 2.05) is 19.1 Å². The molecular weight excluding hydrogens is 326 g/mol. The zero-order valence-corrected chi connectivity index (χ0v) is 14.3. The fraction of sp³-hybridized carbons (Fsp3) is 0.389. The van der Waals surface area contributed by atoms with E-state index in [-0.39, 0.29) is 17.7 Å². The number of carbonyl (C=O) groups is 2. The maximum atomic E-state index is 12.6. The third-order valence-corrected chi connectivity index (χ3v) is 4.75. The normalized spacial score (nSPS) is 17.8. The number of amides is 2. The number of piperidine rings is 1. The van der Waals surface area contributed by atoms with Crippen molar-refractivity contribution in [3.05, 3.63) is 35.5 Å². The second-order valence-corrected chi connectivity index (χ2v) is 6.42. The van der Waals surface area contributed by atoms with Crippen molar-refractivity contribution in [1.29, 1.82) is 0 Å². The van der Waals surface area contributed by atoms with Gasteiger partial charge < -0.3 is 10.2 Å². The number of nitrogens with zero attached hydrogens (tertiary/aromatic N) is 2. The number of nitrogens with one attached hydrogen (secondary N) is 1. The number of hydrogen-bond donors (Lipinski definition) is 1. The predicted molar refractivity (Wildman–Crippen MR) is 95.0 cm³/mol. The smallest absolute Gasteiger partial charge is 0.229 e. The van der Waals surface area contributed by atoms with Crippen LogP contribution in [0.1, 0.15) is 26.2 Å². The quantitative estimate of drug-likeness (QED) is 0.926. The Bertz CT molecular complexity index is 778. The fourth-order valence-corrected chi connectivity index (χ4v) is 3.33. The van der Waals surface area contributed by atoms with Crippen LogP contribution in [-0.2, 0) is 9.59 Å². The molecule has 2 heterocycles. The molecule has 1 N–H and O–H groups in total. The van der Waals surface area contributed by atoms with Crippen LogP contribution in [0, 0.1) is 5.92 Å². The van der Waals surface area contributed by atoms with Crippen LogP contribution in [0.5, 0.6) is 0 Å². The minimum Gasteiger partial charge on any atom is -0.342 e. The second kappa shape index (κ2) is 7.18. The molecule has 126 valence electrons. The van der Waals surface area contributed by atoms with E-state index in [1.54, 1.807) is 23.2 Å². The summed E-state index contributed by atoms with van der Waals surface area (Å²) in [5.74, 6) is -0.160. The molecule has 2 aromatic rings. The van der Waals surface area contributed by atoms with Crippen LogP contribution >= 0.6 is 11.6 Å². The number of benzene rings is 1. The van der Waals surface area contributed by atoms with Crippen LogP contribution in [0.2, 0.25) is 5.02 Å². The van der Waals surface area contributed by atoms with E-state index in [0.717, 1.165) is 24.8 Å². The van der Waals surface area contributed by atoms with Crippen molar-refractivity contribution in [2.45, 2.75) is 26.2 Å². The topological polar surface area (TPSA) is 62.3 Å². The first kappa shape index (κ1) is 16.7. The number of anilines is 1. The minimum absolute atomic E-state index is 0.0714. The van der Waals surface area contributed by atoms with Gasteiger partial charge in [-0.05, 0) is 37.1 Å². The molecule has 24 heavy (non-hydrogen) atoms. The lowest BCUT2D eigenvalue weighted by molar-refractivity contribution is -0.134. The van der Waals surface area contributed by atoms with Crippen LogP contribution in [0.3, 0.4) is 0 Å². The van der Waals surface area contributed by atoms with Crippen molar-refractivity contribution in [3.8, 4) is 0 Å². The Morgan fingerprint density at radius 1 is 1.38 bits per heavy atom. The lowest BCUT2D eigenvalue weighted by atomic mass is 9.96. The lowest BCUT2D eigenvalue weighted by Crippen LogP contribution is -2.43. The summed E-state index contributed by atoms with van der Waals surface area (Å²) < 4.78 is 0. The number of aromatic nitrogens is 1. The highest BCUT2D eigenvalue weighted by atomic mass is 35.5. The maximum Gasteiger partial charge on any atom is 0.229 e. The molecule has 1 aliphatic rings. The van der Waals surface area contributed by atoms with Crippen molar-refractivity contribution in [2.75, 3.05) is 18.4 Å². The molecule has 1 atom stereocenters. The monoisotopic (exact) mass is 345 g/mol. The Morgan fingerprint density at radius 3 is 3.00 bits per heavy atom. The van der Waals surface area contributed by atoms with Crippen LogP contribution in [-0.4, -0.2) is 34.8 Å². The van der Waals surface area contributed by atoms with E-state index in [4.69, 9.17) is 11.6 Å². The third kappa shape index (κ3) is 3.36. The predicted octanol–water partition coefficient (Wildman–Crippen LogP) is 3.48. The van der Waals surface area contributed by atoms with Gasteiger partial charge in [0.1, 0.15) is 0 Å². The first-order chi connectivity index (χ1) is 11.6. The number of rotatable bonds is 3. The summed E-state index contributed by atoms with van der Waals surface area (Å²) in [6, 6.07) is 7.22. The Labute approximate surface area is 146 Å². The van der Waals surface area contributed by atoms with Crippen molar-refractivity contribution in [2.24, 2.45) is 5.92 Å². The number of pyridine rings is 1. The molecule has 0 radical (unpaired) electrons. The number of carbonyl (C=O) groups excluding carboxylic acids is 2. The molecule has 0 saturated carbocycles. The number of hydrogen-bond acceptors (Lipinski definition) is 3. The van der Waals surface area contributed by atoms with Gasteiger partial charge in [0.2, 0.25) is 11.8 Å². The summed E-state index contributed by atoms with van der Waals surface area (Å²) in [5, 5.41) is 4.38. The van der Waals surface area contributed by atoms with Crippen molar-refractivity contribution in [3.63, 3.8) is 0 Å². The summed E-state index contributed by atoms with van der Waals surface area (Å²) >= 11 is 6.19. The highest BCUT2D eigenvalue weighted by Crippen LogP contribution is 2.29. The average molecular weight is 346 g/mol. The van der Waals surface area contributed by atoms with Gasteiger partial charge in [0.05, 0.1) is 22.1 Å². The van der Waals surface area contributed by atoms with Crippen molar-refractivity contribution in [1.82, 2.24) is 9.88 Å². The minimum atomic E-state index is -0.191. The Morgan fingerprint density at radius 2 is 2.21 bits per heavy atom. The molecule has 3 rings (SSSR count). The zero-order valence-electron chi connectivity index (χ0n) is 13.6. The highest BCUT2D eigenvalue weighted by molar-refractivity contribution is 6.35. The number of fused-ring (bicyclic) bond motifs is 1. The molecule has 1 aliphatic heterocycles. The van der Waals surface area contributed by atoms with E-state index in [9.17, 15) is 9.59 Å². The molecule has 1 fully saturated rings. The highest BCUT2D eigenvalue weighted by Gasteiger charge is 2.28. The molecule has 0 bridgehead atoms. The largest absolute Gasteiger partial charge is 0.342 e. The third-order valence-electron chi connectivity index (χ3n) is 4.42. The first-order valence-corrected chi connectivity index (χ1v) is 8.59. The summed E-state index contributed by atoms with van der Waals surface area (Å²) in [6.45, 7) is 3.07. The van der Waals surface area contributed by atoms with E-state index < -0.39 is 0 Å². The van der Waals surface area contributed by atoms with Gasteiger partial charge in [-0.2, -0.15) is 0 Å². The van der Waals surface area contributed by atoms with Gasteiger partial charge in [0.25, 0.3) is 0 Å².